The number of ether oxygens (including phenoxy) is 1. The number of hydrogen-bond donors (Lipinski definition) is 1. The minimum Gasteiger partial charge on any atom is -0.497 e. The zero-order valence-corrected chi connectivity index (χ0v) is 11.0. The highest BCUT2D eigenvalue weighted by Gasteiger charge is 2.18. The van der Waals surface area contributed by atoms with Crippen LogP contribution in [0, 0.1) is 0 Å². The number of rotatable bonds is 2. The number of benzene rings is 1. The van der Waals surface area contributed by atoms with Crippen LogP contribution < -0.4 is 10.5 Å². The van der Waals surface area contributed by atoms with Gasteiger partial charge < -0.3 is 10.5 Å². The van der Waals surface area contributed by atoms with Crippen LogP contribution in [0.3, 0.4) is 0 Å². The van der Waals surface area contributed by atoms with Gasteiger partial charge in [-0.3, -0.25) is 0 Å². The number of nitrogens with zero attached hydrogens (tertiary/aromatic N) is 2. The van der Waals surface area contributed by atoms with Crippen LogP contribution in [-0.4, -0.2) is 17.1 Å². The van der Waals surface area contributed by atoms with Gasteiger partial charge in [-0.15, -0.1) is 0 Å². The van der Waals surface area contributed by atoms with E-state index in [0.29, 0.717) is 5.95 Å². The van der Waals surface area contributed by atoms with Gasteiger partial charge in [-0.2, -0.15) is 0 Å². The Hall–Kier alpha value is -2.10. The van der Waals surface area contributed by atoms with Crippen molar-refractivity contribution in [3.63, 3.8) is 0 Å². The van der Waals surface area contributed by atoms with Gasteiger partial charge in [0.25, 0.3) is 0 Å². The van der Waals surface area contributed by atoms with Crippen molar-refractivity contribution in [3.8, 4) is 17.0 Å². The molecule has 0 saturated carbocycles. The molecular weight excluding hydrogens is 238 g/mol. The summed E-state index contributed by atoms with van der Waals surface area (Å²) in [6, 6.07) is 7.94. The Morgan fingerprint density at radius 1 is 1.05 bits per heavy atom. The Bertz CT molecular complexity index is 593. The lowest BCUT2D eigenvalue weighted by atomic mass is 9.92. The fraction of sp³-hybridized carbons (Fsp3) is 0.333. The predicted octanol–water partition coefficient (Wildman–Crippen LogP) is 2.61. The molecule has 0 saturated heterocycles. The number of hydrogen-bond acceptors (Lipinski definition) is 4. The standard InChI is InChI=1S/C15H17N3O/c1-19-11-8-6-10(7-9-11)14-12-4-2-3-5-13(12)17-15(16)18-14/h6-9H,2-5H2,1H3,(H2,16,17,18). The topological polar surface area (TPSA) is 61.0 Å². The van der Waals surface area contributed by atoms with Gasteiger partial charge in [0.1, 0.15) is 5.75 Å². The molecule has 19 heavy (non-hydrogen) atoms. The highest BCUT2D eigenvalue weighted by molar-refractivity contribution is 5.66. The lowest BCUT2D eigenvalue weighted by Gasteiger charge is -2.18. The molecular formula is C15H17N3O. The third-order valence-corrected chi connectivity index (χ3v) is 3.56. The summed E-state index contributed by atoms with van der Waals surface area (Å²) in [7, 11) is 1.67. The normalized spacial score (nSPS) is 13.9. The molecule has 3 rings (SSSR count). The van der Waals surface area contributed by atoms with Crippen LogP contribution in [0.25, 0.3) is 11.3 Å². The molecule has 0 radical (unpaired) electrons. The molecule has 4 nitrogen and oxygen atoms in total. The third kappa shape index (κ3) is 2.26. The molecule has 0 spiro atoms. The first-order chi connectivity index (χ1) is 9.28. The molecule has 0 atom stereocenters. The van der Waals surface area contributed by atoms with E-state index >= 15 is 0 Å². The molecule has 4 heteroatoms. The largest absolute Gasteiger partial charge is 0.497 e. The molecule has 0 fully saturated rings. The molecule has 98 valence electrons. The van der Waals surface area contributed by atoms with Crippen molar-refractivity contribution in [2.24, 2.45) is 0 Å². The molecule has 0 aliphatic heterocycles. The van der Waals surface area contributed by atoms with E-state index in [9.17, 15) is 0 Å². The molecule has 0 amide bonds. The van der Waals surface area contributed by atoms with E-state index < -0.39 is 0 Å². The highest BCUT2D eigenvalue weighted by Crippen LogP contribution is 2.30. The van der Waals surface area contributed by atoms with Crippen LogP contribution in [0.15, 0.2) is 24.3 Å². The summed E-state index contributed by atoms with van der Waals surface area (Å²) in [6.45, 7) is 0. The number of nitrogens with two attached hydrogens (primary N) is 1. The van der Waals surface area contributed by atoms with Crippen molar-refractivity contribution < 1.29 is 4.74 Å². The second-order valence-electron chi connectivity index (χ2n) is 4.79. The van der Waals surface area contributed by atoms with Crippen LogP contribution in [-0.2, 0) is 12.8 Å². The van der Waals surface area contributed by atoms with E-state index in [-0.39, 0.29) is 0 Å². The molecule has 1 heterocycles. The van der Waals surface area contributed by atoms with Crippen LogP contribution in [0.1, 0.15) is 24.1 Å². The Labute approximate surface area is 112 Å². The quantitative estimate of drug-likeness (QED) is 0.896. The van der Waals surface area contributed by atoms with Gasteiger partial charge in [-0.1, -0.05) is 0 Å². The maximum atomic E-state index is 5.83. The van der Waals surface area contributed by atoms with E-state index in [2.05, 4.69) is 9.97 Å². The zero-order chi connectivity index (χ0) is 13.2. The predicted molar refractivity (Wildman–Crippen MR) is 75.1 cm³/mol. The van der Waals surface area contributed by atoms with Gasteiger partial charge in [0, 0.05) is 16.8 Å². The molecule has 0 bridgehead atoms. The Balaban J connectivity index is 2.10. The average Bonchev–Trinajstić information content (AvgIpc) is 2.46. The summed E-state index contributed by atoms with van der Waals surface area (Å²) in [6.07, 6.45) is 4.43. The van der Waals surface area contributed by atoms with Crippen molar-refractivity contribution in [1.29, 1.82) is 0 Å². The van der Waals surface area contributed by atoms with Crippen molar-refractivity contribution in [3.05, 3.63) is 35.5 Å². The summed E-state index contributed by atoms with van der Waals surface area (Å²) < 4.78 is 5.18. The van der Waals surface area contributed by atoms with Gasteiger partial charge in [0.2, 0.25) is 5.95 Å². The van der Waals surface area contributed by atoms with Gasteiger partial charge >= 0.3 is 0 Å². The van der Waals surface area contributed by atoms with Crippen molar-refractivity contribution in [1.82, 2.24) is 9.97 Å². The van der Waals surface area contributed by atoms with E-state index in [1.807, 2.05) is 24.3 Å². The van der Waals surface area contributed by atoms with E-state index in [1.165, 1.54) is 18.4 Å². The summed E-state index contributed by atoms with van der Waals surface area (Å²) in [5, 5.41) is 0. The van der Waals surface area contributed by atoms with Gasteiger partial charge in [-0.05, 0) is 49.9 Å². The fourth-order valence-electron chi connectivity index (χ4n) is 2.60. The lowest BCUT2D eigenvalue weighted by molar-refractivity contribution is 0.415. The molecule has 1 aliphatic carbocycles. The molecule has 2 aromatic rings. The summed E-state index contributed by atoms with van der Waals surface area (Å²) in [5.41, 5.74) is 10.3. The maximum absolute atomic E-state index is 5.83. The molecule has 1 aliphatic rings. The molecule has 0 unspecified atom stereocenters. The minimum atomic E-state index is 0.367. The number of aromatic nitrogens is 2. The zero-order valence-electron chi connectivity index (χ0n) is 11.0. The molecule has 1 aromatic carbocycles. The first-order valence-corrected chi connectivity index (χ1v) is 6.57. The van der Waals surface area contributed by atoms with E-state index in [4.69, 9.17) is 10.5 Å². The summed E-state index contributed by atoms with van der Waals surface area (Å²) in [4.78, 5) is 8.81. The first kappa shape index (κ1) is 12.0. The Kier molecular flexibility index (Phi) is 3.07. The van der Waals surface area contributed by atoms with E-state index in [1.54, 1.807) is 7.11 Å². The van der Waals surface area contributed by atoms with Crippen LogP contribution in [0.4, 0.5) is 5.95 Å². The fourth-order valence-corrected chi connectivity index (χ4v) is 2.60. The second kappa shape index (κ2) is 4.88. The SMILES string of the molecule is COc1ccc(-c2nc(N)nc3c2CCCC3)cc1. The van der Waals surface area contributed by atoms with Crippen molar-refractivity contribution in [2.45, 2.75) is 25.7 Å². The van der Waals surface area contributed by atoms with Crippen molar-refractivity contribution >= 4 is 5.95 Å². The third-order valence-electron chi connectivity index (χ3n) is 3.56. The van der Waals surface area contributed by atoms with Gasteiger partial charge in [0.05, 0.1) is 12.8 Å². The van der Waals surface area contributed by atoms with Crippen molar-refractivity contribution in [2.75, 3.05) is 12.8 Å². The summed E-state index contributed by atoms with van der Waals surface area (Å²) >= 11 is 0. The monoisotopic (exact) mass is 255 g/mol. The number of anilines is 1. The molecule has 2 N–H and O–H groups in total. The smallest absolute Gasteiger partial charge is 0.220 e. The Morgan fingerprint density at radius 2 is 1.79 bits per heavy atom. The van der Waals surface area contributed by atoms with Gasteiger partial charge in [0.15, 0.2) is 0 Å². The first-order valence-electron chi connectivity index (χ1n) is 6.57. The van der Waals surface area contributed by atoms with Crippen LogP contribution in [0.2, 0.25) is 0 Å². The van der Waals surface area contributed by atoms with E-state index in [0.717, 1.165) is 35.5 Å². The van der Waals surface area contributed by atoms with Crippen LogP contribution >= 0.6 is 0 Å². The summed E-state index contributed by atoms with van der Waals surface area (Å²) in [5.74, 6) is 1.21. The minimum absolute atomic E-state index is 0.367. The number of fused-ring (bicyclic) bond motifs is 1. The second-order valence-corrected chi connectivity index (χ2v) is 4.79. The highest BCUT2D eigenvalue weighted by atomic mass is 16.5. The maximum Gasteiger partial charge on any atom is 0.220 e. The lowest BCUT2D eigenvalue weighted by Crippen LogP contribution is -2.11. The Morgan fingerprint density at radius 3 is 2.53 bits per heavy atom. The van der Waals surface area contributed by atoms with Crippen LogP contribution in [0.5, 0.6) is 5.75 Å². The number of aryl methyl sites for hydroxylation is 1. The number of nitrogen functional groups attached to an aromatic ring is 1. The average molecular weight is 255 g/mol. The number of methoxy groups -OCH3 is 1. The molecule has 1 aromatic heterocycles. The van der Waals surface area contributed by atoms with Gasteiger partial charge in [-0.25, -0.2) is 9.97 Å².